The number of aromatic amines is 1. The molecule has 1 unspecified atom stereocenters. The van der Waals surface area contributed by atoms with Gasteiger partial charge in [-0.2, -0.15) is 4.98 Å². The summed E-state index contributed by atoms with van der Waals surface area (Å²) < 4.78 is 31.7. The molecule has 0 amide bonds. The van der Waals surface area contributed by atoms with Crippen LogP contribution in [0.1, 0.15) is 22.9 Å². The smallest absolute Gasteiger partial charge is 0.280 e. The summed E-state index contributed by atoms with van der Waals surface area (Å²) in [5, 5.41) is 11.6. The molecule has 3 aromatic carbocycles. The van der Waals surface area contributed by atoms with Crippen molar-refractivity contribution in [1.82, 2.24) is 24.4 Å². The standard InChI is InChI=1S/C35H38N6O7/c1-40(2)20-37-34-38-31-28(32(43)39-34)36-21-41(31)33-30(46-5)29(42)27(48-33)19-47-35(22-9-7-6-8-10-22,23-11-15-25(44-3)16-12-23)24-13-17-26(45-4)18-14-24/h6-18,20-21,27,29-30,33,42H,19H2,1-5H3,(H,38,39,43)/b37-20+/t27-,29+,30?,33-/m1/s1. The number of nitrogens with one attached hydrogen (secondary N) is 1. The average Bonchev–Trinajstić information content (AvgIpc) is 3.68. The first-order chi connectivity index (χ1) is 23.3. The molecule has 250 valence electrons. The Morgan fingerprint density at radius 2 is 1.56 bits per heavy atom. The number of benzene rings is 3. The van der Waals surface area contributed by atoms with Crippen LogP contribution in [0.25, 0.3) is 11.2 Å². The SMILES string of the molecule is COc1ccc(C(OC[C@H]2O[C@@H](n3cnc4c(=O)[nH]c(/N=C/N(C)C)nc43)C(OC)[C@H]2O)(c2ccccc2)c2ccc(OC)cc2)cc1. The number of aromatic nitrogens is 4. The van der Waals surface area contributed by atoms with E-state index in [1.807, 2.05) is 78.9 Å². The molecule has 0 bridgehead atoms. The second-order valence-electron chi connectivity index (χ2n) is 11.5. The topological polar surface area (TPSA) is 146 Å². The molecule has 13 nitrogen and oxygen atoms in total. The maximum atomic E-state index is 12.8. The molecule has 0 aliphatic carbocycles. The zero-order valence-corrected chi connectivity index (χ0v) is 27.3. The third-order valence-corrected chi connectivity index (χ3v) is 8.33. The Balaban J connectivity index is 1.39. The van der Waals surface area contributed by atoms with Crippen molar-refractivity contribution >= 4 is 23.5 Å². The normalized spacial score (nSPS) is 19.6. The molecule has 1 fully saturated rings. The maximum Gasteiger partial charge on any atom is 0.280 e. The molecule has 2 aromatic heterocycles. The molecule has 13 heteroatoms. The third-order valence-electron chi connectivity index (χ3n) is 8.33. The van der Waals surface area contributed by atoms with Crippen LogP contribution >= 0.6 is 0 Å². The minimum Gasteiger partial charge on any atom is -0.497 e. The molecule has 1 aliphatic rings. The highest BCUT2D eigenvalue weighted by molar-refractivity contribution is 5.71. The fourth-order valence-electron chi connectivity index (χ4n) is 5.95. The first-order valence-corrected chi connectivity index (χ1v) is 15.3. The van der Waals surface area contributed by atoms with E-state index < -0.39 is 35.7 Å². The average molecular weight is 655 g/mol. The zero-order valence-electron chi connectivity index (χ0n) is 27.3. The van der Waals surface area contributed by atoms with Gasteiger partial charge in [-0.1, -0.05) is 54.6 Å². The van der Waals surface area contributed by atoms with Gasteiger partial charge in [0.1, 0.15) is 35.4 Å². The number of aliphatic hydroxyl groups is 1. The van der Waals surface area contributed by atoms with Crippen LogP contribution in [0.2, 0.25) is 0 Å². The monoisotopic (exact) mass is 654 g/mol. The van der Waals surface area contributed by atoms with Gasteiger partial charge < -0.3 is 33.7 Å². The lowest BCUT2D eigenvalue weighted by atomic mass is 9.80. The number of fused-ring (bicyclic) bond motifs is 1. The van der Waals surface area contributed by atoms with Crippen LogP contribution in [-0.4, -0.2) is 96.2 Å². The van der Waals surface area contributed by atoms with E-state index in [0.29, 0.717) is 11.5 Å². The molecule has 2 N–H and O–H groups in total. The number of aliphatic imine (C=N–C) groups is 1. The number of rotatable bonds is 12. The van der Waals surface area contributed by atoms with Crippen molar-refractivity contribution in [3.8, 4) is 11.5 Å². The summed E-state index contributed by atoms with van der Waals surface area (Å²) in [5.41, 5.74) is 1.29. The van der Waals surface area contributed by atoms with Gasteiger partial charge in [0.15, 0.2) is 17.4 Å². The number of hydrogen-bond donors (Lipinski definition) is 2. The molecule has 6 rings (SSSR count). The van der Waals surface area contributed by atoms with Gasteiger partial charge in [0.25, 0.3) is 5.56 Å². The van der Waals surface area contributed by atoms with Gasteiger partial charge in [-0.05, 0) is 41.0 Å². The Labute approximate surface area is 277 Å². The Hall–Kier alpha value is -5.08. The van der Waals surface area contributed by atoms with E-state index in [-0.39, 0.29) is 23.7 Å². The van der Waals surface area contributed by atoms with Crippen LogP contribution in [0.4, 0.5) is 5.95 Å². The van der Waals surface area contributed by atoms with E-state index in [1.165, 1.54) is 19.8 Å². The highest BCUT2D eigenvalue weighted by Gasteiger charge is 2.48. The van der Waals surface area contributed by atoms with Crippen molar-refractivity contribution in [1.29, 1.82) is 0 Å². The molecular weight excluding hydrogens is 616 g/mol. The fourth-order valence-corrected chi connectivity index (χ4v) is 5.95. The summed E-state index contributed by atoms with van der Waals surface area (Å²) in [7, 11) is 8.34. The van der Waals surface area contributed by atoms with Crippen LogP contribution in [0.15, 0.2) is 95.0 Å². The van der Waals surface area contributed by atoms with Gasteiger partial charge in [-0.25, -0.2) is 9.98 Å². The van der Waals surface area contributed by atoms with Crippen molar-refractivity contribution in [3.05, 3.63) is 112 Å². The number of methoxy groups -OCH3 is 3. The van der Waals surface area contributed by atoms with E-state index in [2.05, 4.69) is 19.9 Å². The summed E-state index contributed by atoms with van der Waals surface area (Å²) in [6.07, 6.45) is -0.690. The van der Waals surface area contributed by atoms with Gasteiger partial charge in [-0.3, -0.25) is 14.3 Å². The largest absolute Gasteiger partial charge is 0.497 e. The number of ether oxygens (including phenoxy) is 5. The van der Waals surface area contributed by atoms with Crippen molar-refractivity contribution in [2.75, 3.05) is 42.0 Å². The molecular formula is C35H38N6O7. The van der Waals surface area contributed by atoms with Crippen molar-refractivity contribution < 1.29 is 28.8 Å². The first kappa shape index (κ1) is 32.8. The van der Waals surface area contributed by atoms with Crippen LogP contribution in [0.5, 0.6) is 11.5 Å². The van der Waals surface area contributed by atoms with Gasteiger partial charge >= 0.3 is 0 Å². The van der Waals surface area contributed by atoms with Gasteiger partial charge in [0.05, 0.1) is 33.5 Å². The molecule has 0 radical (unpaired) electrons. The Morgan fingerprint density at radius 1 is 0.958 bits per heavy atom. The molecule has 0 spiro atoms. The first-order valence-electron chi connectivity index (χ1n) is 15.3. The predicted octanol–water partition coefficient (Wildman–Crippen LogP) is 3.64. The summed E-state index contributed by atoms with van der Waals surface area (Å²) in [4.78, 5) is 30.2. The van der Waals surface area contributed by atoms with E-state index in [0.717, 1.165) is 16.7 Å². The lowest BCUT2D eigenvalue weighted by molar-refractivity contribution is -0.0948. The summed E-state index contributed by atoms with van der Waals surface area (Å²) in [5.74, 6) is 1.50. The number of nitrogens with zero attached hydrogens (tertiary/aromatic N) is 5. The molecule has 5 aromatic rings. The van der Waals surface area contributed by atoms with E-state index >= 15 is 0 Å². The number of H-pyrrole nitrogens is 1. The fraction of sp³-hybridized carbons (Fsp3) is 0.314. The number of imidazole rings is 1. The van der Waals surface area contributed by atoms with Gasteiger partial charge in [0, 0.05) is 21.2 Å². The minimum atomic E-state index is -1.13. The van der Waals surface area contributed by atoms with Crippen molar-refractivity contribution in [2.45, 2.75) is 30.1 Å². The summed E-state index contributed by atoms with van der Waals surface area (Å²) in [6, 6.07) is 25.2. The van der Waals surface area contributed by atoms with Gasteiger partial charge in [-0.15, -0.1) is 0 Å². The van der Waals surface area contributed by atoms with Crippen LogP contribution in [-0.2, 0) is 19.8 Å². The van der Waals surface area contributed by atoms with Gasteiger partial charge in [0.2, 0.25) is 5.95 Å². The number of hydrogen-bond acceptors (Lipinski definition) is 10. The lowest BCUT2D eigenvalue weighted by Crippen LogP contribution is -2.40. The molecule has 4 atom stereocenters. The van der Waals surface area contributed by atoms with Crippen molar-refractivity contribution in [3.63, 3.8) is 0 Å². The zero-order chi connectivity index (χ0) is 33.8. The molecule has 3 heterocycles. The highest BCUT2D eigenvalue weighted by Crippen LogP contribution is 2.43. The second kappa shape index (κ2) is 14.0. The quantitative estimate of drug-likeness (QED) is 0.116. The van der Waals surface area contributed by atoms with E-state index in [9.17, 15) is 9.90 Å². The number of aliphatic hydroxyl groups excluding tert-OH is 1. The molecule has 48 heavy (non-hydrogen) atoms. The predicted molar refractivity (Wildman–Crippen MR) is 179 cm³/mol. The molecule has 1 saturated heterocycles. The summed E-state index contributed by atoms with van der Waals surface area (Å²) >= 11 is 0. The Bertz CT molecular complexity index is 1860. The van der Waals surface area contributed by atoms with Crippen LogP contribution in [0, 0.1) is 0 Å². The molecule has 0 saturated carbocycles. The maximum absolute atomic E-state index is 12.8. The minimum absolute atomic E-state index is 0.0382. The van der Waals surface area contributed by atoms with Crippen LogP contribution < -0.4 is 15.0 Å². The van der Waals surface area contributed by atoms with E-state index in [1.54, 1.807) is 37.8 Å². The molecule has 1 aliphatic heterocycles. The van der Waals surface area contributed by atoms with E-state index in [4.69, 9.17) is 23.7 Å². The second-order valence-corrected chi connectivity index (χ2v) is 11.5. The Morgan fingerprint density at radius 3 is 2.12 bits per heavy atom. The summed E-state index contributed by atoms with van der Waals surface area (Å²) in [6.45, 7) is -0.0382. The third kappa shape index (κ3) is 6.16. The lowest BCUT2D eigenvalue weighted by Gasteiger charge is -2.37. The highest BCUT2D eigenvalue weighted by atomic mass is 16.6. The van der Waals surface area contributed by atoms with Crippen molar-refractivity contribution in [2.24, 2.45) is 4.99 Å². The van der Waals surface area contributed by atoms with Crippen LogP contribution in [0.3, 0.4) is 0 Å². The Kier molecular flexibility index (Phi) is 9.55.